The van der Waals surface area contributed by atoms with Gasteiger partial charge in [-0.15, -0.1) is 0 Å². The molecule has 1 aromatic rings. The number of carbonyl (C=O) groups is 2. The van der Waals surface area contributed by atoms with E-state index in [2.05, 4.69) is 21.2 Å². The summed E-state index contributed by atoms with van der Waals surface area (Å²) >= 11 is 3.23. The van der Waals surface area contributed by atoms with Gasteiger partial charge in [0.15, 0.2) is 0 Å². The van der Waals surface area contributed by atoms with Gasteiger partial charge in [-0.1, -0.05) is 15.9 Å². The summed E-state index contributed by atoms with van der Waals surface area (Å²) < 4.78 is 0.703. The number of hydrogen-bond donors (Lipinski definition) is 3. The van der Waals surface area contributed by atoms with Gasteiger partial charge in [-0.3, -0.25) is 9.59 Å². The molecular weight excluding hydrogens is 314 g/mol. The van der Waals surface area contributed by atoms with E-state index < -0.39 is 5.97 Å². The number of rotatable bonds is 6. The van der Waals surface area contributed by atoms with E-state index in [1.54, 1.807) is 13.0 Å². The van der Waals surface area contributed by atoms with Gasteiger partial charge in [-0.05, 0) is 38.0 Å². The molecule has 3 N–H and O–H groups in total. The van der Waals surface area contributed by atoms with Crippen LogP contribution >= 0.6 is 15.9 Å². The first-order chi connectivity index (χ1) is 8.90. The lowest BCUT2D eigenvalue weighted by atomic mass is 10.1. The monoisotopic (exact) mass is 329 g/mol. The van der Waals surface area contributed by atoms with Gasteiger partial charge in [0.25, 0.3) is 5.91 Å². The van der Waals surface area contributed by atoms with Crippen LogP contribution in [-0.2, 0) is 4.79 Å². The first-order valence-electron chi connectivity index (χ1n) is 5.91. The molecule has 0 radical (unpaired) electrons. The van der Waals surface area contributed by atoms with Crippen molar-refractivity contribution in [3.05, 3.63) is 28.2 Å². The van der Waals surface area contributed by atoms with Crippen LogP contribution in [0.15, 0.2) is 22.7 Å². The number of amides is 1. The Balaban J connectivity index is 2.54. The smallest absolute Gasteiger partial charge is 0.303 e. The summed E-state index contributed by atoms with van der Waals surface area (Å²) in [6, 6.07) is 4.47. The molecule has 5 nitrogen and oxygen atoms in total. The molecule has 0 aliphatic carbocycles. The fourth-order valence-electron chi connectivity index (χ4n) is 1.62. The van der Waals surface area contributed by atoms with E-state index in [0.717, 1.165) is 0 Å². The Morgan fingerprint density at radius 3 is 2.74 bits per heavy atom. The molecule has 0 spiro atoms. The third-order valence-electron chi connectivity index (χ3n) is 2.61. The van der Waals surface area contributed by atoms with Crippen LogP contribution in [0, 0.1) is 0 Å². The number of carboxylic acids is 1. The molecule has 0 aliphatic heterocycles. The maximum atomic E-state index is 11.9. The van der Waals surface area contributed by atoms with Crippen LogP contribution in [0.25, 0.3) is 0 Å². The topological polar surface area (TPSA) is 86.6 Å². The van der Waals surface area contributed by atoms with Gasteiger partial charge in [-0.2, -0.15) is 0 Å². The molecule has 1 unspecified atom stereocenters. The minimum Gasteiger partial charge on any atom is -0.507 e. The zero-order chi connectivity index (χ0) is 14.4. The lowest BCUT2D eigenvalue weighted by molar-refractivity contribution is -0.137. The maximum Gasteiger partial charge on any atom is 0.303 e. The summed E-state index contributed by atoms with van der Waals surface area (Å²) in [6.45, 7) is 1.80. The standard InChI is InChI=1S/C13H16BrNO4/c1-8(3-2-4-12(17)18)15-13(19)10-7-9(14)5-6-11(10)16/h5-8,16H,2-4H2,1H3,(H,15,19)(H,17,18). The molecular formula is C13H16BrNO4. The van der Waals surface area contributed by atoms with E-state index in [1.165, 1.54) is 12.1 Å². The molecule has 104 valence electrons. The predicted molar refractivity (Wildman–Crippen MR) is 74.2 cm³/mol. The van der Waals surface area contributed by atoms with Crippen LogP contribution in [0.2, 0.25) is 0 Å². The van der Waals surface area contributed by atoms with Crippen molar-refractivity contribution in [2.45, 2.75) is 32.2 Å². The number of aliphatic carboxylic acids is 1. The van der Waals surface area contributed by atoms with E-state index in [9.17, 15) is 14.7 Å². The highest BCUT2D eigenvalue weighted by atomic mass is 79.9. The summed E-state index contributed by atoms with van der Waals surface area (Å²) in [5, 5.41) is 20.9. The Bertz CT molecular complexity index is 476. The van der Waals surface area contributed by atoms with Gasteiger partial charge in [0.1, 0.15) is 5.75 Å². The van der Waals surface area contributed by atoms with Crippen LogP contribution in [0.4, 0.5) is 0 Å². The van der Waals surface area contributed by atoms with Crippen molar-refractivity contribution >= 4 is 27.8 Å². The molecule has 1 rings (SSSR count). The first kappa shape index (κ1) is 15.5. The molecule has 0 saturated carbocycles. The number of benzene rings is 1. The van der Waals surface area contributed by atoms with Crippen molar-refractivity contribution < 1.29 is 19.8 Å². The van der Waals surface area contributed by atoms with Crippen LogP contribution in [-0.4, -0.2) is 28.1 Å². The Morgan fingerprint density at radius 1 is 1.42 bits per heavy atom. The molecule has 0 aliphatic rings. The van der Waals surface area contributed by atoms with Gasteiger partial charge < -0.3 is 15.5 Å². The number of carboxylic acid groups (broad SMARTS) is 1. The minimum atomic E-state index is -0.844. The second-order valence-corrected chi connectivity index (χ2v) is 5.24. The molecule has 0 fully saturated rings. The third-order valence-corrected chi connectivity index (χ3v) is 3.10. The molecule has 0 heterocycles. The highest BCUT2D eigenvalue weighted by Gasteiger charge is 2.14. The highest BCUT2D eigenvalue weighted by Crippen LogP contribution is 2.21. The third kappa shape index (κ3) is 5.30. The lowest BCUT2D eigenvalue weighted by Crippen LogP contribution is -2.32. The molecule has 1 amide bonds. The van der Waals surface area contributed by atoms with Gasteiger partial charge in [0.05, 0.1) is 5.56 Å². The molecule has 1 aromatic carbocycles. The zero-order valence-electron chi connectivity index (χ0n) is 10.5. The molecule has 0 saturated heterocycles. The van der Waals surface area contributed by atoms with Crippen LogP contribution in [0.1, 0.15) is 36.5 Å². The Labute approximate surface area is 119 Å². The van der Waals surface area contributed by atoms with Gasteiger partial charge >= 0.3 is 5.97 Å². The normalized spacial score (nSPS) is 11.9. The summed E-state index contributed by atoms with van der Waals surface area (Å²) in [6.07, 6.45) is 1.16. The lowest BCUT2D eigenvalue weighted by Gasteiger charge is -2.14. The zero-order valence-corrected chi connectivity index (χ0v) is 12.1. The van der Waals surface area contributed by atoms with E-state index in [4.69, 9.17) is 5.11 Å². The largest absolute Gasteiger partial charge is 0.507 e. The molecule has 19 heavy (non-hydrogen) atoms. The molecule has 6 heteroatoms. The fraction of sp³-hybridized carbons (Fsp3) is 0.385. The average Bonchev–Trinajstić information content (AvgIpc) is 2.31. The Kier molecular flexibility index (Phi) is 5.82. The number of carbonyl (C=O) groups excluding carboxylic acids is 1. The quantitative estimate of drug-likeness (QED) is 0.748. The van der Waals surface area contributed by atoms with Crippen molar-refractivity contribution in [2.75, 3.05) is 0 Å². The van der Waals surface area contributed by atoms with Crippen molar-refractivity contribution in [1.82, 2.24) is 5.32 Å². The van der Waals surface area contributed by atoms with Crippen molar-refractivity contribution in [3.8, 4) is 5.75 Å². The van der Waals surface area contributed by atoms with Gasteiger partial charge in [-0.25, -0.2) is 0 Å². The number of phenolic OH excluding ortho intramolecular Hbond substituents is 1. The second kappa shape index (κ2) is 7.13. The molecule has 0 bridgehead atoms. The second-order valence-electron chi connectivity index (χ2n) is 4.32. The molecule has 1 atom stereocenters. The van der Waals surface area contributed by atoms with Crippen LogP contribution in [0.3, 0.4) is 0 Å². The SMILES string of the molecule is CC(CCCC(=O)O)NC(=O)c1cc(Br)ccc1O. The van der Waals surface area contributed by atoms with E-state index in [-0.39, 0.29) is 29.7 Å². The first-order valence-corrected chi connectivity index (χ1v) is 6.70. The fourth-order valence-corrected chi connectivity index (χ4v) is 1.98. The summed E-state index contributed by atoms with van der Waals surface area (Å²) in [5.41, 5.74) is 0.194. The van der Waals surface area contributed by atoms with E-state index in [1.807, 2.05) is 0 Å². The van der Waals surface area contributed by atoms with Gasteiger partial charge in [0.2, 0.25) is 0 Å². The number of aromatic hydroxyl groups is 1. The Hall–Kier alpha value is -1.56. The number of nitrogens with one attached hydrogen (secondary N) is 1. The number of phenols is 1. The predicted octanol–water partition coefficient (Wildman–Crippen LogP) is 2.53. The number of halogens is 1. The van der Waals surface area contributed by atoms with Crippen molar-refractivity contribution in [1.29, 1.82) is 0 Å². The summed E-state index contributed by atoms with van der Waals surface area (Å²) in [4.78, 5) is 22.3. The summed E-state index contributed by atoms with van der Waals surface area (Å²) in [7, 11) is 0. The van der Waals surface area contributed by atoms with Crippen molar-refractivity contribution in [3.63, 3.8) is 0 Å². The van der Waals surface area contributed by atoms with Crippen LogP contribution in [0.5, 0.6) is 5.75 Å². The van der Waals surface area contributed by atoms with Crippen LogP contribution < -0.4 is 5.32 Å². The Morgan fingerprint density at radius 2 is 2.11 bits per heavy atom. The average molecular weight is 330 g/mol. The van der Waals surface area contributed by atoms with Gasteiger partial charge in [0, 0.05) is 16.9 Å². The summed E-state index contributed by atoms with van der Waals surface area (Å²) in [5.74, 6) is -1.30. The maximum absolute atomic E-state index is 11.9. The van der Waals surface area contributed by atoms with Crippen molar-refractivity contribution in [2.24, 2.45) is 0 Å². The minimum absolute atomic E-state index is 0.0848. The van der Waals surface area contributed by atoms with E-state index in [0.29, 0.717) is 17.3 Å². The highest BCUT2D eigenvalue weighted by molar-refractivity contribution is 9.10. The molecule has 0 aromatic heterocycles. The van der Waals surface area contributed by atoms with E-state index >= 15 is 0 Å². The number of hydrogen-bond acceptors (Lipinski definition) is 3.